The Bertz CT molecular complexity index is 1040. The van der Waals surface area contributed by atoms with Crippen LogP contribution < -0.4 is 4.90 Å². The van der Waals surface area contributed by atoms with Gasteiger partial charge in [-0.1, -0.05) is 86.4 Å². The van der Waals surface area contributed by atoms with Crippen LogP contribution in [0.15, 0.2) is 72.8 Å². The number of anilines is 1. The number of hydrogen-bond acceptors (Lipinski definition) is 1. The van der Waals surface area contributed by atoms with Crippen molar-refractivity contribution in [3.05, 3.63) is 99.5 Å². The van der Waals surface area contributed by atoms with Crippen molar-refractivity contribution in [2.24, 2.45) is 5.41 Å². The standard InChI is InChI=1S/C25H23Cl2NO/c1-25(2,3)24(29)28-21-14-13-19(27)15-20(21)22(16-7-5-4-6-8-16)23(28)17-9-11-18(26)12-10-17/h4-15,22-23H,1-3H3/t22-,23+/m1/s1. The minimum Gasteiger partial charge on any atom is -0.303 e. The monoisotopic (exact) mass is 423 g/mol. The molecule has 1 aliphatic heterocycles. The average molecular weight is 424 g/mol. The molecule has 1 aliphatic rings. The van der Waals surface area contributed by atoms with Crippen LogP contribution in [0.25, 0.3) is 0 Å². The largest absolute Gasteiger partial charge is 0.303 e. The molecule has 2 nitrogen and oxygen atoms in total. The molecule has 4 heteroatoms. The Hall–Kier alpha value is -2.29. The third-order valence-electron chi connectivity index (χ3n) is 5.41. The predicted molar refractivity (Wildman–Crippen MR) is 121 cm³/mol. The lowest BCUT2D eigenvalue weighted by Crippen LogP contribution is -2.41. The van der Waals surface area contributed by atoms with Gasteiger partial charge in [-0.25, -0.2) is 0 Å². The van der Waals surface area contributed by atoms with Crippen LogP contribution in [0.2, 0.25) is 10.0 Å². The number of hydrogen-bond donors (Lipinski definition) is 0. The Kier molecular flexibility index (Phi) is 5.18. The molecule has 0 aromatic heterocycles. The molecule has 0 N–H and O–H groups in total. The van der Waals surface area contributed by atoms with Crippen molar-refractivity contribution in [3.8, 4) is 0 Å². The summed E-state index contributed by atoms with van der Waals surface area (Å²) in [5, 5.41) is 1.35. The first-order valence-electron chi connectivity index (χ1n) is 9.71. The first kappa shape index (κ1) is 20.0. The molecule has 4 rings (SSSR count). The lowest BCUT2D eigenvalue weighted by Gasteiger charge is -2.34. The van der Waals surface area contributed by atoms with Gasteiger partial charge < -0.3 is 4.90 Å². The average Bonchev–Trinajstić information content (AvgIpc) is 3.01. The molecule has 0 saturated carbocycles. The molecule has 0 bridgehead atoms. The summed E-state index contributed by atoms with van der Waals surface area (Å²) in [5.41, 5.74) is 3.67. The molecule has 29 heavy (non-hydrogen) atoms. The van der Waals surface area contributed by atoms with E-state index in [1.54, 1.807) is 0 Å². The van der Waals surface area contributed by atoms with Gasteiger partial charge in [-0.05, 0) is 47.0 Å². The quantitative estimate of drug-likeness (QED) is 0.424. The molecule has 0 fully saturated rings. The fourth-order valence-electron chi connectivity index (χ4n) is 4.08. The number of benzene rings is 3. The van der Waals surface area contributed by atoms with E-state index in [2.05, 4.69) is 12.1 Å². The lowest BCUT2D eigenvalue weighted by molar-refractivity contribution is -0.126. The van der Waals surface area contributed by atoms with E-state index in [0.29, 0.717) is 10.0 Å². The maximum absolute atomic E-state index is 13.6. The molecular formula is C25H23Cl2NO. The molecule has 0 spiro atoms. The van der Waals surface area contributed by atoms with Crippen LogP contribution in [-0.4, -0.2) is 5.91 Å². The van der Waals surface area contributed by atoms with Crippen LogP contribution in [0.1, 0.15) is 49.4 Å². The summed E-state index contributed by atoms with van der Waals surface area (Å²) in [7, 11) is 0. The first-order valence-corrected chi connectivity index (χ1v) is 10.5. The van der Waals surface area contributed by atoms with E-state index in [-0.39, 0.29) is 17.9 Å². The highest BCUT2D eigenvalue weighted by atomic mass is 35.5. The van der Waals surface area contributed by atoms with Gasteiger partial charge in [0.15, 0.2) is 0 Å². The van der Waals surface area contributed by atoms with Gasteiger partial charge in [0, 0.05) is 27.1 Å². The maximum Gasteiger partial charge on any atom is 0.232 e. The number of amides is 1. The number of carbonyl (C=O) groups is 1. The molecule has 0 radical (unpaired) electrons. The van der Waals surface area contributed by atoms with E-state index in [1.807, 2.05) is 86.3 Å². The summed E-state index contributed by atoms with van der Waals surface area (Å²) in [6.45, 7) is 5.87. The molecular weight excluding hydrogens is 401 g/mol. The van der Waals surface area contributed by atoms with Crippen LogP contribution in [0.4, 0.5) is 5.69 Å². The zero-order valence-corrected chi connectivity index (χ0v) is 18.2. The van der Waals surface area contributed by atoms with Gasteiger partial charge in [0.25, 0.3) is 0 Å². The molecule has 3 aromatic carbocycles. The summed E-state index contributed by atoms with van der Waals surface area (Å²) in [6, 6.07) is 23.7. The van der Waals surface area contributed by atoms with E-state index in [9.17, 15) is 4.79 Å². The SMILES string of the molecule is CC(C)(C)C(=O)N1c2ccc(Cl)cc2[C@@H](c2ccccc2)[C@@H]1c1ccc(Cl)cc1. The summed E-state index contributed by atoms with van der Waals surface area (Å²) in [6.07, 6.45) is 0. The fraction of sp³-hybridized carbons (Fsp3) is 0.240. The molecule has 0 aliphatic carbocycles. The van der Waals surface area contributed by atoms with E-state index in [4.69, 9.17) is 23.2 Å². The van der Waals surface area contributed by atoms with Crippen LogP contribution >= 0.6 is 23.2 Å². The van der Waals surface area contributed by atoms with Crippen molar-refractivity contribution in [3.63, 3.8) is 0 Å². The summed E-state index contributed by atoms with van der Waals surface area (Å²) in [5.74, 6) is 0.0665. The third kappa shape index (κ3) is 3.68. The molecule has 0 saturated heterocycles. The second kappa shape index (κ2) is 7.51. The van der Waals surface area contributed by atoms with Crippen LogP contribution in [0.5, 0.6) is 0 Å². The third-order valence-corrected chi connectivity index (χ3v) is 5.90. The Morgan fingerprint density at radius 3 is 2.07 bits per heavy atom. The van der Waals surface area contributed by atoms with Crippen molar-refractivity contribution >= 4 is 34.8 Å². The highest BCUT2D eigenvalue weighted by Crippen LogP contribution is 2.53. The van der Waals surface area contributed by atoms with Crippen LogP contribution in [0.3, 0.4) is 0 Å². The zero-order chi connectivity index (χ0) is 20.8. The normalized spacial score (nSPS) is 18.6. The van der Waals surface area contributed by atoms with Crippen LogP contribution in [-0.2, 0) is 4.79 Å². The minimum absolute atomic E-state index is 0.0163. The smallest absolute Gasteiger partial charge is 0.232 e. The number of fused-ring (bicyclic) bond motifs is 1. The minimum atomic E-state index is -0.521. The van der Waals surface area contributed by atoms with Crippen molar-refractivity contribution in [2.45, 2.75) is 32.7 Å². The summed E-state index contributed by atoms with van der Waals surface area (Å²) in [4.78, 5) is 15.6. The van der Waals surface area contributed by atoms with Crippen molar-refractivity contribution < 1.29 is 4.79 Å². The van der Waals surface area contributed by atoms with Crippen LogP contribution in [0, 0.1) is 5.41 Å². The second-order valence-electron chi connectivity index (χ2n) is 8.51. The molecule has 3 aromatic rings. The Labute approximate surface area is 182 Å². The Morgan fingerprint density at radius 2 is 1.45 bits per heavy atom. The van der Waals surface area contributed by atoms with Crippen molar-refractivity contribution in [1.82, 2.24) is 0 Å². The number of nitrogens with zero attached hydrogens (tertiary/aromatic N) is 1. The second-order valence-corrected chi connectivity index (χ2v) is 9.39. The molecule has 2 atom stereocenters. The Balaban J connectivity index is 1.98. The lowest BCUT2D eigenvalue weighted by atomic mass is 9.84. The van der Waals surface area contributed by atoms with Gasteiger partial charge in [0.2, 0.25) is 5.91 Å². The summed E-state index contributed by atoms with van der Waals surface area (Å²) < 4.78 is 0. The molecule has 1 heterocycles. The van der Waals surface area contributed by atoms with Gasteiger partial charge in [0.1, 0.15) is 0 Å². The van der Waals surface area contributed by atoms with Gasteiger partial charge in [-0.15, -0.1) is 0 Å². The van der Waals surface area contributed by atoms with Crippen molar-refractivity contribution in [2.75, 3.05) is 4.90 Å². The first-order chi connectivity index (χ1) is 13.8. The molecule has 1 amide bonds. The maximum atomic E-state index is 13.6. The number of halogens is 2. The van der Waals surface area contributed by atoms with E-state index < -0.39 is 5.41 Å². The van der Waals surface area contributed by atoms with Crippen molar-refractivity contribution in [1.29, 1.82) is 0 Å². The van der Waals surface area contributed by atoms with E-state index in [0.717, 1.165) is 22.4 Å². The van der Waals surface area contributed by atoms with Gasteiger partial charge in [-0.3, -0.25) is 4.79 Å². The van der Waals surface area contributed by atoms with Gasteiger partial charge >= 0.3 is 0 Å². The molecule has 148 valence electrons. The highest BCUT2D eigenvalue weighted by Gasteiger charge is 2.45. The highest BCUT2D eigenvalue weighted by molar-refractivity contribution is 6.31. The van der Waals surface area contributed by atoms with E-state index in [1.165, 1.54) is 0 Å². The van der Waals surface area contributed by atoms with Gasteiger partial charge in [-0.2, -0.15) is 0 Å². The number of rotatable bonds is 2. The number of carbonyl (C=O) groups excluding carboxylic acids is 1. The zero-order valence-electron chi connectivity index (χ0n) is 16.7. The Morgan fingerprint density at radius 1 is 0.828 bits per heavy atom. The van der Waals surface area contributed by atoms with E-state index >= 15 is 0 Å². The summed E-state index contributed by atoms with van der Waals surface area (Å²) >= 11 is 12.5. The fourth-order valence-corrected chi connectivity index (χ4v) is 4.39. The molecule has 0 unspecified atom stereocenters. The predicted octanol–water partition coefficient (Wildman–Crippen LogP) is 7.26. The van der Waals surface area contributed by atoms with Gasteiger partial charge in [0.05, 0.1) is 6.04 Å². The topological polar surface area (TPSA) is 20.3 Å².